The number of nitrogens with zero attached hydrogens (tertiary/aromatic N) is 6. The summed E-state index contributed by atoms with van der Waals surface area (Å²) in [5.41, 5.74) is 1.58. The zero-order chi connectivity index (χ0) is 29.6. The molecular weight excluding hydrogens is 552 g/mol. The van der Waals surface area contributed by atoms with Crippen molar-refractivity contribution < 1.29 is 32.5 Å². The zero-order valence-electron chi connectivity index (χ0n) is 23.4. The molecule has 0 radical (unpaired) electrons. The second kappa shape index (κ2) is 13.0. The van der Waals surface area contributed by atoms with Crippen molar-refractivity contribution >= 4 is 9.84 Å². The van der Waals surface area contributed by atoms with Crippen LogP contribution in [-0.2, 0) is 20.3 Å². The van der Waals surface area contributed by atoms with Crippen LogP contribution in [-0.4, -0.2) is 83.0 Å². The summed E-state index contributed by atoms with van der Waals surface area (Å²) in [7, 11) is 0.476. The van der Waals surface area contributed by atoms with E-state index in [4.69, 9.17) is 24.1 Å². The summed E-state index contributed by atoms with van der Waals surface area (Å²) in [5.74, 6) is 1.12. The molecule has 4 rings (SSSR count). The Morgan fingerprint density at radius 2 is 1.63 bits per heavy atom. The summed E-state index contributed by atoms with van der Waals surface area (Å²) >= 11 is 0. The van der Waals surface area contributed by atoms with E-state index in [0.717, 1.165) is 5.56 Å². The van der Waals surface area contributed by atoms with Crippen LogP contribution in [0.1, 0.15) is 30.2 Å². The molecule has 2 atom stereocenters. The highest BCUT2D eigenvalue weighted by Gasteiger charge is 2.35. The number of hydrogen-bond acceptors (Lipinski definition) is 12. The fraction of sp³-hybridized carbons (Fsp3) is 0.370. The number of sulfone groups is 1. The maximum atomic E-state index is 13.8. The molecule has 13 nitrogen and oxygen atoms in total. The van der Waals surface area contributed by atoms with Crippen molar-refractivity contribution in [2.75, 3.05) is 34.5 Å². The maximum absolute atomic E-state index is 13.8. The van der Waals surface area contributed by atoms with Gasteiger partial charge in [0.15, 0.2) is 27.3 Å². The van der Waals surface area contributed by atoms with E-state index in [0.29, 0.717) is 22.9 Å². The average molecular weight is 585 g/mol. The molecule has 3 heterocycles. The Kier molecular flexibility index (Phi) is 9.47. The molecule has 0 spiro atoms. The Bertz CT molecular complexity index is 1560. The Morgan fingerprint density at radius 3 is 2.24 bits per heavy atom. The van der Waals surface area contributed by atoms with E-state index < -0.39 is 26.9 Å². The molecule has 41 heavy (non-hydrogen) atoms. The smallest absolute Gasteiger partial charge is 0.213 e. The first-order valence-electron chi connectivity index (χ1n) is 12.6. The van der Waals surface area contributed by atoms with Gasteiger partial charge in [0, 0.05) is 25.6 Å². The number of aromatic nitrogens is 6. The van der Waals surface area contributed by atoms with Crippen molar-refractivity contribution in [3.63, 3.8) is 0 Å². The highest BCUT2D eigenvalue weighted by molar-refractivity contribution is 7.91. The van der Waals surface area contributed by atoms with Gasteiger partial charge in [0.2, 0.25) is 5.88 Å². The number of para-hydroxylation sites is 1. The number of aliphatic hydroxyl groups excluding tert-OH is 1. The lowest BCUT2D eigenvalue weighted by atomic mass is 10.2. The molecule has 3 aromatic heterocycles. The fourth-order valence-corrected chi connectivity index (χ4v) is 5.61. The standard InChI is InChI=1S/C27H32N6O7S/c1-17-14-28-26(29-15-17)25(39-5)18(2)41(35,36)16-22-31-32-27(19-8-6-11-23(30-19)40-13-12-34)33(22)24-20(37-3)9-7-10-21(24)38-4/h6-11,14-15,18,25,34H,12-13,16H2,1-5H3/t18-,25-/m0/s1. The van der Waals surface area contributed by atoms with Crippen LogP contribution in [0.15, 0.2) is 48.8 Å². The minimum atomic E-state index is -3.92. The quantitative estimate of drug-likeness (QED) is 0.245. The molecule has 0 aliphatic carbocycles. The van der Waals surface area contributed by atoms with E-state index in [1.165, 1.54) is 21.3 Å². The van der Waals surface area contributed by atoms with Gasteiger partial charge in [-0.25, -0.2) is 23.4 Å². The summed E-state index contributed by atoms with van der Waals surface area (Å²) in [4.78, 5) is 13.0. The summed E-state index contributed by atoms with van der Waals surface area (Å²) < 4.78 is 51.4. The first-order valence-corrected chi connectivity index (χ1v) is 14.3. The molecule has 1 N–H and O–H groups in total. The van der Waals surface area contributed by atoms with Crippen LogP contribution < -0.4 is 14.2 Å². The topological polar surface area (TPSA) is 161 Å². The second-order valence-corrected chi connectivity index (χ2v) is 11.4. The molecule has 0 aliphatic heterocycles. The van der Waals surface area contributed by atoms with E-state index in [-0.39, 0.29) is 36.6 Å². The van der Waals surface area contributed by atoms with Gasteiger partial charge in [0.05, 0.1) is 26.1 Å². The largest absolute Gasteiger partial charge is 0.494 e. The van der Waals surface area contributed by atoms with Crippen LogP contribution in [0.3, 0.4) is 0 Å². The molecule has 0 saturated heterocycles. The van der Waals surface area contributed by atoms with Crippen LogP contribution >= 0.6 is 0 Å². The minimum Gasteiger partial charge on any atom is -0.494 e. The lowest BCUT2D eigenvalue weighted by Crippen LogP contribution is -2.30. The number of benzene rings is 1. The number of pyridine rings is 1. The van der Waals surface area contributed by atoms with Gasteiger partial charge in [-0.15, -0.1) is 10.2 Å². The number of rotatable bonds is 13. The lowest BCUT2D eigenvalue weighted by molar-refractivity contribution is 0.0947. The number of hydrogen-bond donors (Lipinski definition) is 1. The van der Waals surface area contributed by atoms with Gasteiger partial charge < -0.3 is 24.1 Å². The number of methoxy groups -OCH3 is 3. The SMILES string of the molecule is COc1cccc(OC)c1-n1c(CS(=O)(=O)[C@@H](C)[C@H](OC)c2ncc(C)cn2)nnc1-c1cccc(OCCO)n1. The van der Waals surface area contributed by atoms with Crippen molar-refractivity contribution in [2.24, 2.45) is 0 Å². The maximum Gasteiger partial charge on any atom is 0.213 e. The van der Waals surface area contributed by atoms with Crippen LogP contribution in [0, 0.1) is 6.92 Å². The van der Waals surface area contributed by atoms with Gasteiger partial charge in [0.1, 0.15) is 41.3 Å². The third kappa shape index (κ3) is 6.45. The first-order chi connectivity index (χ1) is 19.7. The van der Waals surface area contributed by atoms with Crippen LogP contribution in [0.4, 0.5) is 0 Å². The number of ether oxygens (including phenoxy) is 4. The van der Waals surface area contributed by atoms with Gasteiger partial charge in [-0.2, -0.15) is 0 Å². The Balaban J connectivity index is 1.84. The summed E-state index contributed by atoms with van der Waals surface area (Å²) in [6, 6.07) is 10.2. The summed E-state index contributed by atoms with van der Waals surface area (Å²) in [5, 5.41) is 16.7. The van der Waals surface area contributed by atoms with E-state index in [1.807, 2.05) is 6.92 Å². The molecule has 0 fully saturated rings. The molecule has 4 aromatic rings. The van der Waals surface area contributed by atoms with Crippen LogP contribution in [0.25, 0.3) is 17.2 Å². The van der Waals surface area contributed by atoms with E-state index in [9.17, 15) is 8.42 Å². The highest BCUT2D eigenvalue weighted by Crippen LogP contribution is 2.37. The molecule has 0 saturated carbocycles. The lowest BCUT2D eigenvalue weighted by Gasteiger charge is -2.22. The molecule has 14 heteroatoms. The minimum absolute atomic E-state index is 0.0518. The third-order valence-corrected chi connectivity index (χ3v) is 8.32. The Hall–Kier alpha value is -4.14. The Labute approximate surface area is 238 Å². The molecule has 1 aromatic carbocycles. The van der Waals surface area contributed by atoms with Gasteiger partial charge >= 0.3 is 0 Å². The second-order valence-electron chi connectivity index (χ2n) is 9.01. The first kappa shape index (κ1) is 29.8. The summed E-state index contributed by atoms with van der Waals surface area (Å²) in [6.07, 6.45) is 2.30. The number of aliphatic hydroxyl groups is 1. The molecular formula is C27H32N6O7S. The van der Waals surface area contributed by atoms with Crippen molar-refractivity contribution in [1.82, 2.24) is 29.7 Å². The molecule has 0 aliphatic rings. The molecule has 0 bridgehead atoms. The van der Waals surface area contributed by atoms with E-state index in [1.54, 1.807) is 60.3 Å². The van der Waals surface area contributed by atoms with Crippen molar-refractivity contribution in [2.45, 2.75) is 31.0 Å². The van der Waals surface area contributed by atoms with Crippen molar-refractivity contribution in [3.8, 4) is 34.6 Å². The van der Waals surface area contributed by atoms with Crippen molar-refractivity contribution in [1.29, 1.82) is 0 Å². The van der Waals surface area contributed by atoms with Gasteiger partial charge in [-0.1, -0.05) is 12.1 Å². The molecule has 0 amide bonds. The van der Waals surface area contributed by atoms with Gasteiger partial charge in [-0.3, -0.25) is 4.57 Å². The Morgan fingerprint density at radius 1 is 0.976 bits per heavy atom. The van der Waals surface area contributed by atoms with Gasteiger partial charge in [0.25, 0.3) is 0 Å². The highest BCUT2D eigenvalue weighted by atomic mass is 32.2. The van der Waals surface area contributed by atoms with Gasteiger partial charge in [-0.05, 0) is 37.6 Å². The van der Waals surface area contributed by atoms with Crippen LogP contribution in [0.2, 0.25) is 0 Å². The van der Waals surface area contributed by atoms with Crippen molar-refractivity contribution in [3.05, 3.63) is 66.0 Å². The molecule has 218 valence electrons. The monoisotopic (exact) mass is 584 g/mol. The fourth-order valence-electron chi connectivity index (χ4n) is 4.19. The average Bonchev–Trinajstić information content (AvgIpc) is 3.39. The third-order valence-electron chi connectivity index (χ3n) is 6.28. The van der Waals surface area contributed by atoms with E-state index >= 15 is 0 Å². The van der Waals surface area contributed by atoms with E-state index in [2.05, 4.69) is 25.1 Å². The predicted octanol–water partition coefficient (Wildman–Crippen LogP) is 2.51. The number of aryl methyl sites for hydroxylation is 1. The van der Waals surface area contributed by atoms with Crippen LogP contribution in [0.5, 0.6) is 17.4 Å². The zero-order valence-corrected chi connectivity index (χ0v) is 24.2. The predicted molar refractivity (Wildman–Crippen MR) is 149 cm³/mol. The normalized spacial score (nSPS) is 13.0. The molecule has 0 unspecified atom stereocenters. The summed E-state index contributed by atoms with van der Waals surface area (Å²) in [6.45, 7) is 3.25.